The van der Waals surface area contributed by atoms with Gasteiger partial charge in [0.05, 0.1) is 30.5 Å². The number of aromatic nitrogens is 3. The van der Waals surface area contributed by atoms with E-state index in [2.05, 4.69) is 14.9 Å². The number of amides is 1. The topological polar surface area (TPSA) is 100 Å². The normalized spacial score (nSPS) is 21.0. The summed E-state index contributed by atoms with van der Waals surface area (Å²) in [6, 6.07) is 8.38. The predicted molar refractivity (Wildman–Crippen MR) is 125 cm³/mol. The first-order chi connectivity index (χ1) is 16.6. The number of aliphatic hydroxyl groups excluding tert-OH is 1. The second-order valence-corrected chi connectivity index (χ2v) is 8.56. The van der Waals surface area contributed by atoms with Crippen molar-refractivity contribution in [3.63, 3.8) is 0 Å². The molecule has 0 bridgehead atoms. The third-order valence-corrected chi connectivity index (χ3v) is 6.47. The quantitative estimate of drug-likeness (QED) is 0.341. The molecule has 0 saturated carbocycles. The third kappa shape index (κ3) is 3.97. The fourth-order valence-electron chi connectivity index (χ4n) is 4.82. The Morgan fingerprint density at radius 1 is 1.12 bits per heavy atom. The lowest BCUT2D eigenvalue weighted by Gasteiger charge is -2.29. The molecule has 3 aromatic rings. The Labute approximate surface area is 197 Å². The Morgan fingerprint density at radius 2 is 1.88 bits per heavy atom. The van der Waals surface area contributed by atoms with Crippen LogP contribution in [0.15, 0.2) is 54.5 Å². The van der Waals surface area contributed by atoms with Gasteiger partial charge in [0.15, 0.2) is 5.76 Å². The molecule has 1 atom stereocenters. The average molecular weight is 462 g/mol. The number of fused-ring (bicyclic) bond motifs is 1. The van der Waals surface area contributed by atoms with Gasteiger partial charge >= 0.3 is 0 Å². The molecule has 0 aromatic carbocycles. The monoisotopic (exact) mass is 461 g/mol. The van der Waals surface area contributed by atoms with Gasteiger partial charge in [0.1, 0.15) is 11.3 Å². The zero-order valence-corrected chi connectivity index (χ0v) is 19.1. The van der Waals surface area contributed by atoms with E-state index in [1.54, 1.807) is 46.9 Å². The molecule has 0 spiro atoms. The minimum atomic E-state index is -0.693. The summed E-state index contributed by atoms with van der Waals surface area (Å²) in [4.78, 5) is 38.9. The highest BCUT2D eigenvalue weighted by atomic mass is 16.5. The smallest absolute Gasteiger partial charge is 0.295 e. The molecule has 2 aliphatic heterocycles. The number of pyridine rings is 2. The van der Waals surface area contributed by atoms with Gasteiger partial charge in [0.2, 0.25) is 0 Å². The van der Waals surface area contributed by atoms with Crippen LogP contribution < -0.4 is 0 Å². The lowest BCUT2D eigenvalue weighted by atomic mass is 9.97. The van der Waals surface area contributed by atoms with Crippen LogP contribution in [0.25, 0.3) is 11.4 Å². The predicted octanol–water partition coefficient (Wildman–Crippen LogP) is 2.18. The SMILES string of the molecule is Cc1nc2ccccn2c1/C(O)=C1\C(=O)C(=O)N(CCCN2CCOCC2)[C@H]1c1ccncc1. The second kappa shape index (κ2) is 9.36. The van der Waals surface area contributed by atoms with E-state index in [0.717, 1.165) is 25.2 Å². The molecular weight excluding hydrogens is 434 g/mol. The highest BCUT2D eigenvalue weighted by molar-refractivity contribution is 6.46. The molecule has 9 nitrogen and oxygen atoms in total. The van der Waals surface area contributed by atoms with Crippen LogP contribution in [-0.2, 0) is 14.3 Å². The van der Waals surface area contributed by atoms with Gasteiger partial charge in [-0.05, 0) is 43.2 Å². The lowest BCUT2D eigenvalue weighted by Crippen LogP contribution is -2.38. The van der Waals surface area contributed by atoms with Gasteiger partial charge in [-0.25, -0.2) is 4.98 Å². The molecule has 3 aromatic heterocycles. The van der Waals surface area contributed by atoms with Crippen LogP contribution in [0.1, 0.15) is 29.4 Å². The van der Waals surface area contributed by atoms with Gasteiger partial charge in [-0.15, -0.1) is 0 Å². The van der Waals surface area contributed by atoms with E-state index in [4.69, 9.17) is 4.74 Å². The number of aryl methyl sites for hydroxylation is 1. The Kier molecular flexibility index (Phi) is 6.12. The molecule has 2 saturated heterocycles. The molecule has 2 fully saturated rings. The van der Waals surface area contributed by atoms with Gasteiger partial charge < -0.3 is 14.7 Å². The number of nitrogens with zero attached hydrogens (tertiary/aromatic N) is 5. The van der Waals surface area contributed by atoms with Crippen molar-refractivity contribution in [2.45, 2.75) is 19.4 Å². The van der Waals surface area contributed by atoms with E-state index in [0.29, 0.717) is 43.2 Å². The van der Waals surface area contributed by atoms with Crippen LogP contribution in [0.2, 0.25) is 0 Å². The Morgan fingerprint density at radius 3 is 2.65 bits per heavy atom. The van der Waals surface area contributed by atoms with Crippen molar-refractivity contribution in [3.05, 3.63) is 71.4 Å². The molecule has 9 heteroatoms. The van der Waals surface area contributed by atoms with Crippen LogP contribution >= 0.6 is 0 Å². The fraction of sp³-hybridized carbons (Fsp3) is 0.360. The fourth-order valence-corrected chi connectivity index (χ4v) is 4.82. The van der Waals surface area contributed by atoms with Crippen LogP contribution in [-0.4, -0.2) is 80.4 Å². The zero-order chi connectivity index (χ0) is 23.7. The largest absolute Gasteiger partial charge is 0.505 e. The van der Waals surface area contributed by atoms with Crippen molar-refractivity contribution in [2.24, 2.45) is 0 Å². The van der Waals surface area contributed by atoms with Crippen molar-refractivity contribution < 1.29 is 19.4 Å². The van der Waals surface area contributed by atoms with Crippen molar-refractivity contribution in [1.29, 1.82) is 0 Å². The summed E-state index contributed by atoms with van der Waals surface area (Å²) >= 11 is 0. The van der Waals surface area contributed by atoms with Crippen LogP contribution in [0.5, 0.6) is 0 Å². The number of likely N-dealkylation sites (tertiary alicyclic amines) is 1. The van der Waals surface area contributed by atoms with Crippen molar-refractivity contribution >= 4 is 23.1 Å². The van der Waals surface area contributed by atoms with E-state index < -0.39 is 17.7 Å². The van der Waals surface area contributed by atoms with Gasteiger partial charge in [0.25, 0.3) is 11.7 Å². The summed E-state index contributed by atoms with van der Waals surface area (Å²) in [7, 11) is 0. The number of Topliss-reactive ketones (excluding diaryl/α,β-unsaturated/α-hetero) is 1. The Hall–Kier alpha value is -3.56. The highest BCUT2D eigenvalue weighted by Gasteiger charge is 2.46. The number of ketones is 1. The number of morpholine rings is 1. The molecule has 1 amide bonds. The molecule has 1 N–H and O–H groups in total. The van der Waals surface area contributed by atoms with E-state index in [1.807, 2.05) is 18.2 Å². The molecule has 5 heterocycles. The van der Waals surface area contributed by atoms with Crippen molar-refractivity contribution in [3.8, 4) is 0 Å². The molecule has 5 rings (SSSR count). The first-order valence-corrected chi connectivity index (χ1v) is 11.5. The van der Waals surface area contributed by atoms with Gasteiger partial charge in [-0.1, -0.05) is 6.07 Å². The van der Waals surface area contributed by atoms with E-state index in [9.17, 15) is 14.7 Å². The highest BCUT2D eigenvalue weighted by Crippen LogP contribution is 2.39. The molecule has 0 aliphatic carbocycles. The first-order valence-electron chi connectivity index (χ1n) is 11.5. The van der Waals surface area contributed by atoms with Crippen molar-refractivity contribution in [2.75, 3.05) is 39.4 Å². The first kappa shape index (κ1) is 22.2. The molecular formula is C25H27N5O4. The Balaban J connectivity index is 1.53. The number of carbonyl (C=O) groups is 2. The van der Waals surface area contributed by atoms with Gasteiger partial charge in [0, 0.05) is 44.8 Å². The molecule has 176 valence electrons. The number of imidazole rings is 1. The maximum Gasteiger partial charge on any atom is 0.295 e. The molecule has 0 unspecified atom stereocenters. The zero-order valence-electron chi connectivity index (χ0n) is 19.1. The maximum absolute atomic E-state index is 13.3. The lowest BCUT2D eigenvalue weighted by molar-refractivity contribution is -0.140. The summed E-state index contributed by atoms with van der Waals surface area (Å²) in [5.41, 5.74) is 2.46. The summed E-state index contributed by atoms with van der Waals surface area (Å²) in [6.45, 7) is 6.13. The number of rotatable bonds is 6. The summed E-state index contributed by atoms with van der Waals surface area (Å²) in [6.07, 6.45) is 5.75. The maximum atomic E-state index is 13.3. The number of hydrogen-bond donors (Lipinski definition) is 1. The summed E-state index contributed by atoms with van der Waals surface area (Å²) in [5, 5.41) is 11.4. The molecule has 0 radical (unpaired) electrons. The number of hydrogen-bond acceptors (Lipinski definition) is 7. The molecule has 34 heavy (non-hydrogen) atoms. The van der Waals surface area contributed by atoms with Crippen molar-refractivity contribution in [1.82, 2.24) is 24.2 Å². The summed E-state index contributed by atoms with van der Waals surface area (Å²) in [5.74, 6) is -1.50. The van der Waals surface area contributed by atoms with E-state index in [1.165, 1.54) is 0 Å². The standard InChI is InChI=1S/C25H27N5O4/c1-17-21(29-11-3-2-5-19(29)27-17)23(31)20-22(18-6-8-26-9-7-18)30(25(33)24(20)32)12-4-10-28-13-15-34-16-14-28/h2-3,5-9,11,22,31H,4,10,12-16H2,1H3/b23-20+/t22-/m0/s1. The minimum Gasteiger partial charge on any atom is -0.505 e. The average Bonchev–Trinajstić information content (AvgIpc) is 3.33. The number of aliphatic hydroxyl groups is 1. The van der Waals surface area contributed by atoms with Crippen LogP contribution in [0.4, 0.5) is 0 Å². The van der Waals surface area contributed by atoms with E-state index in [-0.39, 0.29) is 11.3 Å². The third-order valence-electron chi connectivity index (χ3n) is 6.47. The Bertz CT molecular complexity index is 1250. The van der Waals surface area contributed by atoms with Crippen LogP contribution in [0, 0.1) is 6.92 Å². The second-order valence-electron chi connectivity index (χ2n) is 8.56. The number of carbonyl (C=O) groups excluding carboxylic acids is 2. The van der Waals surface area contributed by atoms with Crippen LogP contribution in [0.3, 0.4) is 0 Å². The minimum absolute atomic E-state index is 0.0799. The van der Waals surface area contributed by atoms with E-state index >= 15 is 0 Å². The van der Waals surface area contributed by atoms with Gasteiger partial charge in [-0.3, -0.25) is 23.9 Å². The molecule has 2 aliphatic rings. The number of ether oxygens (including phenoxy) is 1. The van der Waals surface area contributed by atoms with Gasteiger partial charge in [-0.2, -0.15) is 0 Å². The summed E-state index contributed by atoms with van der Waals surface area (Å²) < 4.78 is 7.14.